The van der Waals surface area contributed by atoms with Gasteiger partial charge in [-0.05, 0) is 41.5 Å². The summed E-state index contributed by atoms with van der Waals surface area (Å²) >= 11 is 3.00. The maximum atomic E-state index is 12.9. The van der Waals surface area contributed by atoms with Crippen molar-refractivity contribution >= 4 is 35.1 Å². The zero-order chi connectivity index (χ0) is 23.1. The molecule has 6 rings (SSSR count). The van der Waals surface area contributed by atoms with Gasteiger partial charge in [0, 0.05) is 31.7 Å². The van der Waals surface area contributed by atoms with Gasteiger partial charge in [0.1, 0.15) is 6.10 Å². The van der Waals surface area contributed by atoms with Crippen LogP contribution in [0.5, 0.6) is 0 Å². The summed E-state index contributed by atoms with van der Waals surface area (Å²) in [4.78, 5) is 39.4. The highest BCUT2D eigenvalue weighted by Gasteiger charge is 2.50. The molecule has 2 aliphatic heterocycles. The van der Waals surface area contributed by atoms with E-state index in [0.29, 0.717) is 24.0 Å². The molecule has 34 heavy (non-hydrogen) atoms. The quantitative estimate of drug-likeness (QED) is 0.388. The van der Waals surface area contributed by atoms with Crippen LogP contribution in [0.2, 0.25) is 0 Å². The number of piperidine rings is 1. The minimum atomic E-state index is -0.215. The van der Waals surface area contributed by atoms with Crippen molar-refractivity contribution in [3.05, 3.63) is 65.2 Å². The van der Waals surface area contributed by atoms with E-state index in [-0.39, 0.29) is 30.2 Å². The summed E-state index contributed by atoms with van der Waals surface area (Å²) in [6, 6.07) is 14.3. The molecule has 2 saturated heterocycles. The van der Waals surface area contributed by atoms with E-state index in [0.717, 1.165) is 29.8 Å². The molecule has 0 N–H and O–H groups in total. The number of hydrogen-bond donors (Lipinski definition) is 0. The Kier molecular flexibility index (Phi) is 5.74. The van der Waals surface area contributed by atoms with Gasteiger partial charge in [0.15, 0.2) is 5.16 Å². The summed E-state index contributed by atoms with van der Waals surface area (Å²) in [5.41, 5.74) is 3.35. The van der Waals surface area contributed by atoms with Crippen LogP contribution in [0.15, 0.2) is 59.2 Å². The Morgan fingerprint density at radius 3 is 2.82 bits per heavy atom. The Bertz CT molecular complexity index is 1210. The summed E-state index contributed by atoms with van der Waals surface area (Å²) in [6.45, 7) is 1.28. The van der Waals surface area contributed by atoms with E-state index in [2.05, 4.69) is 22.1 Å². The highest BCUT2D eigenvalue weighted by Crippen LogP contribution is 2.44. The molecule has 2 aromatic heterocycles. The Hall–Kier alpha value is -2.91. The second-order valence-corrected chi connectivity index (χ2v) is 10.7. The van der Waals surface area contributed by atoms with Gasteiger partial charge in [-0.25, -0.2) is 14.8 Å². The summed E-state index contributed by atoms with van der Waals surface area (Å²) < 4.78 is 5.72. The van der Waals surface area contributed by atoms with Crippen molar-refractivity contribution in [1.29, 1.82) is 0 Å². The number of fused-ring (bicyclic) bond motifs is 3. The molecule has 3 aromatic rings. The molecule has 0 radical (unpaired) electrons. The minimum absolute atomic E-state index is 0.000669. The number of rotatable bonds is 5. The van der Waals surface area contributed by atoms with Crippen LogP contribution in [-0.2, 0) is 16.0 Å². The molecule has 2 amide bonds. The number of benzene rings is 1. The second kappa shape index (κ2) is 9.03. The number of nitrogens with zero attached hydrogens (tertiary/aromatic N) is 4. The van der Waals surface area contributed by atoms with Gasteiger partial charge >= 0.3 is 6.09 Å². The average Bonchev–Trinajstić information content (AvgIpc) is 3.59. The third kappa shape index (κ3) is 3.96. The van der Waals surface area contributed by atoms with Gasteiger partial charge in [-0.3, -0.25) is 9.69 Å². The smallest absolute Gasteiger partial charge is 0.411 e. The third-order valence-electron chi connectivity index (χ3n) is 6.85. The van der Waals surface area contributed by atoms with Gasteiger partial charge in [0.05, 0.1) is 22.4 Å². The fourth-order valence-corrected chi connectivity index (χ4v) is 6.66. The Labute approximate surface area is 206 Å². The van der Waals surface area contributed by atoms with Crippen molar-refractivity contribution in [2.24, 2.45) is 0 Å². The predicted octanol–water partition coefficient (Wildman–Crippen LogP) is 4.41. The fraction of sp³-hybridized carbons (Fsp3) is 0.360. The topological polar surface area (TPSA) is 75.6 Å². The maximum Gasteiger partial charge on any atom is 0.411 e. The van der Waals surface area contributed by atoms with E-state index in [1.807, 2.05) is 45.5 Å². The lowest BCUT2D eigenvalue weighted by Gasteiger charge is -2.37. The number of thioether (sulfide) groups is 1. The Balaban J connectivity index is 1.06. The van der Waals surface area contributed by atoms with E-state index in [4.69, 9.17) is 4.74 Å². The predicted molar refractivity (Wildman–Crippen MR) is 131 cm³/mol. The van der Waals surface area contributed by atoms with Crippen LogP contribution in [0, 0.1) is 0 Å². The number of carbonyl (C=O) groups excluding carboxylic acids is 2. The molecule has 0 spiro atoms. The summed E-state index contributed by atoms with van der Waals surface area (Å²) in [5.74, 6) is 0.393. The number of likely N-dealkylation sites (tertiary alicyclic amines) is 1. The van der Waals surface area contributed by atoms with Gasteiger partial charge in [-0.2, -0.15) is 0 Å². The normalized spacial score (nSPS) is 21.9. The molecule has 4 heterocycles. The number of thiophene rings is 1. The molecule has 2 atom stereocenters. The van der Waals surface area contributed by atoms with Gasteiger partial charge in [0.25, 0.3) is 0 Å². The monoisotopic (exact) mass is 492 g/mol. The van der Waals surface area contributed by atoms with E-state index in [1.54, 1.807) is 17.5 Å². The third-order valence-corrected chi connectivity index (χ3v) is 8.59. The van der Waals surface area contributed by atoms with E-state index in [9.17, 15) is 9.59 Å². The number of amides is 2. The summed E-state index contributed by atoms with van der Waals surface area (Å²) in [6.07, 6.45) is 3.75. The van der Waals surface area contributed by atoms with Crippen molar-refractivity contribution in [2.45, 2.75) is 42.6 Å². The van der Waals surface area contributed by atoms with Crippen molar-refractivity contribution in [3.8, 4) is 10.6 Å². The number of hydrogen-bond acceptors (Lipinski definition) is 7. The number of ether oxygens (including phenoxy) is 1. The molecular formula is C25H24N4O3S2. The average molecular weight is 493 g/mol. The highest BCUT2D eigenvalue weighted by atomic mass is 32.2. The molecule has 1 aliphatic carbocycles. The second-order valence-electron chi connectivity index (χ2n) is 8.78. The zero-order valence-corrected chi connectivity index (χ0v) is 20.1. The van der Waals surface area contributed by atoms with E-state index < -0.39 is 0 Å². The van der Waals surface area contributed by atoms with Crippen molar-refractivity contribution in [3.63, 3.8) is 0 Å². The molecule has 2 fully saturated rings. The maximum absolute atomic E-state index is 12.9. The van der Waals surface area contributed by atoms with Crippen molar-refractivity contribution < 1.29 is 14.3 Å². The largest absolute Gasteiger partial charge is 0.443 e. The SMILES string of the molecule is O=C(CSc1nccc(-c2cccs2)n1)N1CCC(N2C(=O)OC3Cc4ccccc4C32)CC1. The molecule has 3 aliphatic rings. The summed E-state index contributed by atoms with van der Waals surface area (Å²) in [7, 11) is 0. The van der Waals surface area contributed by atoms with Crippen LogP contribution in [0.25, 0.3) is 10.6 Å². The molecule has 174 valence electrons. The zero-order valence-electron chi connectivity index (χ0n) is 18.5. The lowest BCUT2D eigenvalue weighted by atomic mass is 9.99. The molecule has 7 nitrogen and oxygen atoms in total. The van der Waals surface area contributed by atoms with Gasteiger partial charge in [-0.15, -0.1) is 11.3 Å². The lowest BCUT2D eigenvalue weighted by molar-refractivity contribution is -0.129. The molecule has 2 unspecified atom stereocenters. The first-order valence-electron chi connectivity index (χ1n) is 11.5. The van der Waals surface area contributed by atoms with Crippen molar-refractivity contribution in [1.82, 2.24) is 19.8 Å². The van der Waals surface area contributed by atoms with Crippen LogP contribution in [-0.4, -0.2) is 62.8 Å². The van der Waals surface area contributed by atoms with Gasteiger partial charge in [0.2, 0.25) is 5.91 Å². The minimum Gasteiger partial charge on any atom is -0.443 e. The van der Waals surface area contributed by atoms with Crippen LogP contribution >= 0.6 is 23.1 Å². The Morgan fingerprint density at radius 1 is 1.15 bits per heavy atom. The molecule has 1 aromatic carbocycles. The van der Waals surface area contributed by atoms with Crippen LogP contribution in [0.4, 0.5) is 4.79 Å². The van der Waals surface area contributed by atoms with Crippen LogP contribution in [0.3, 0.4) is 0 Å². The molecular weight excluding hydrogens is 468 g/mol. The van der Waals surface area contributed by atoms with Crippen molar-refractivity contribution in [2.75, 3.05) is 18.8 Å². The lowest BCUT2D eigenvalue weighted by Crippen LogP contribution is -2.48. The summed E-state index contributed by atoms with van der Waals surface area (Å²) in [5, 5.41) is 2.63. The fourth-order valence-electron chi connectivity index (χ4n) is 5.24. The molecule has 9 heteroatoms. The molecule has 0 saturated carbocycles. The first-order valence-corrected chi connectivity index (χ1v) is 13.4. The van der Waals surface area contributed by atoms with Gasteiger partial charge < -0.3 is 9.64 Å². The first-order chi connectivity index (χ1) is 16.7. The Morgan fingerprint density at radius 2 is 2.00 bits per heavy atom. The highest BCUT2D eigenvalue weighted by molar-refractivity contribution is 7.99. The van der Waals surface area contributed by atoms with Crippen LogP contribution < -0.4 is 0 Å². The molecule has 0 bridgehead atoms. The first kappa shape index (κ1) is 21.6. The van der Waals surface area contributed by atoms with E-state index in [1.165, 1.54) is 22.9 Å². The number of carbonyl (C=O) groups is 2. The van der Waals surface area contributed by atoms with Gasteiger partial charge in [-0.1, -0.05) is 42.1 Å². The standard InChI is InChI=1S/C25H24N4O3S2/c30-22(15-34-24-26-10-7-19(27-24)21-6-3-13-33-21)28-11-8-17(9-12-28)29-23-18-5-2-1-4-16(18)14-20(23)32-25(29)31/h1-7,10,13,17,20,23H,8-9,11-12,14-15H2. The van der Waals surface area contributed by atoms with E-state index >= 15 is 0 Å². The van der Waals surface area contributed by atoms with Crippen LogP contribution in [0.1, 0.15) is 30.0 Å². The number of aromatic nitrogens is 2.